The number of hydrogen-bond acceptors (Lipinski definition) is 4. The minimum absolute atomic E-state index is 0.0757. The average molecular weight is 283 g/mol. The largest absolute Gasteiger partial charge is 0.504 e. The Bertz CT molecular complexity index is 661. The van der Waals surface area contributed by atoms with Gasteiger partial charge < -0.3 is 14.6 Å². The van der Waals surface area contributed by atoms with Crippen LogP contribution in [0.25, 0.3) is 0 Å². The number of phenols is 1. The van der Waals surface area contributed by atoms with Gasteiger partial charge in [-0.2, -0.15) is 5.26 Å². The zero-order valence-corrected chi connectivity index (χ0v) is 12.0. The van der Waals surface area contributed by atoms with Crippen LogP contribution in [-0.2, 0) is 6.42 Å². The van der Waals surface area contributed by atoms with E-state index in [4.69, 9.17) is 9.47 Å². The van der Waals surface area contributed by atoms with Crippen LogP contribution < -0.4 is 9.47 Å². The third kappa shape index (κ3) is 3.09. The van der Waals surface area contributed by atoms with Crippen LogP contribution in [0.3, 0.4) is 0 Å². The lowest BCUT2D eigenvalue weighted by Gasteiger charge is -2.16. The molecule has 2 aromatic rings. The molecule has 0 bridgehead atoms. The standard InChI is InChI=1S/C17H17NO3/c1-20-16-9-4-3-7-14(16)13(11-18)10-12-6-5-8-15(19)17(12)21-2/h3-9,13,19H,10H2,1-2H3. The van der Waals surface area contributed by atoms with Gasteiger partial charge >= 0.3 is 0 Å². The molecule has 0 saturated carbocycles. The molecule has 0 aliphatic heterocycles. The first kappa shape index (κ1) is 14.7. The predicted octanol–water partition coefficient (Wildman–Crippen LogP) is 3.26. The normalized spacial score (nSPS) is 11.5. The van der Waals surface area contributed by atoms with Gasteiger partial charge in [0.25, 0.3) is 0 Å². The van der Waals surface area contributed by atoms with Gasteiger partial charge in [0.1, 0.15) is 5.75 Å². The lowest BCUT2D eigenvalue weighted by atomic mass is 9.92. The van der Waals surface area contributed by atoms with E-state index < -0.39 is 0 Å². The fourth-order valence-corrected chi connectivity index (χ4v) is 2.37. The first-order valence-corrected chi connectivity index (χ1v) is 6.58. The number of nitriles is 1. The first-order chi connectivity index (χ1) is 10.2. The second kappa shape index (κ2) is 6.67. The van der Waals surface area contributed by atoms with E-state index in [9.17, 15) is 10.4 Å². The van der Waals surface area contributed by atoms with Gasteiger partial charge in [-0.25, -0.2) is 0 Å². The molecule has 0 aromatic heterocycles. The second-order valence-corrected chi connectivity index (χ2v) is 4.60. The molecule has 0 saturated heterocycles. The van der Waals surface area contributed by atoms with Crippen molar-refractivity contribution < 1.29 is 14.6 Å². The monoisotopic (exact) mass is 283 g/mol. The summed E-state index contributed by atoms with van der Waals surface area (Å²) in [5.41, 5.74) is 1.61. The molecule has 0 radical (unpaired) electrons. The Morgan fingerprint density at radius 2 is 1.86 bits per heavy atom. The molecule has 2 aromatic carbocycles. The topological polar surface area (TPSA) is 62.5 Å². The fraction of sp³-hybridized carbons (Fsp3) is 0.235. The zero-order valence-electron chi connectivity index (χ0n) is 12.0. The molecule has 4 nitrogen and oxygen atoms in total. The van der Waals surface area contributed by atoms with E-state index in [0.29, 0.717) is 17.9 Å². The van der Waals surface area contributed by atoms with E-state index in [0.717, 1.165) is 11.1 Å². The average Bonchev–Trinajstić information content (AvgIpc) is 2.52. The van der Waals surface area contributed by atoms with Crippen LogP contribution in [0.1, 0.15) is 17.0 Å². The number of methoxy groups -OCH3 is 2. The molecule has 0 heterocycles. The molecule has 1 unspecified atom stereocenters. The quantitative estimate of drug-likeness (QED) is 0.914. The highest BCUT2D eigenvalue weighted by Crippen LogP contribution is 2.35. The Hall–Kier alpha value is -2.67. The highest BCUT2D eigenvalue weighted by molar-refractivity contribution is 5.48. The van der Waals surface area contributed by atoms with Gasteiger partial charge in [-0.1, -0.05) is 30.3 Å². The smallest absolute Gasteiger partial charge is 0.163 e. The molecular weight excluding hydrogens is 266 g/mol. The van der Waals surface area contributed by atoms with Crippen molar-refractivity contribution in [2.24, 2.45) is 0 Å². The number of nitrogens with zero attached hydrogens (tertiary/aromatic N) is 1. The summed E-state index contributed by atoms with van der Waals surface area (Å²) in [5.74, 6) is 0.791. The fourth-order valence-electron chi connectivity index (χ4n) is 2.37. The van der Waals surface area contributed by atoms with Crippen LogP contribution in [0.2, 0.25) is 0 Å². The van der Waals surface area contributed by atoms with Crippen LogP contribution in [-0.4, -0.2) is 19.3 Å². The van der Waals surface area contributed by atoms with Crippen molar-refractivity contribution in [1.29, 1.82) is 5.26 Å². The van der Waals surface area contributed by atoms with Gasteiger partial charge in [0.2, 0.25) is 0 Å². The molecule has 0 fully saturated rings. The molecule has 108 valence electrons. The van der Waals surface area contributed by atoms with Crippen LogP contribution in [0.15, 0.2) is 42.5 Å². The van der Waals surface area contributed by atoms with Crippen molar-refractivity contribution >= 4 is 0 Å². The molecule has 21 heavy (non-hydrogen) atoms. The lowest BCUT2D eigenvalue weighted by molar-refractivity contribution is 0.368. The van der Waals surface area contributed by atoms with Crippen LogP contribution in [0, 0.1) is 11.3 Å². The summed E-state index contributed by atoms with van der Waals surface area (Å²) in [4.78, 5) is 0. The summed E-state index contributed by atoms with van der Waals surface area (Å²) in [7, 11) is 3.09. The number of rotatable bonds is 5. The van der Waals surface area contributed by atoms with Crippen molar-refractivity contribution in [3.8, 4) is 23.3 Å². The summed E-state index contributed by atoms with van der Waals surface area (Å²) in [5, 5.41) is 19.3. The van der Waals surface area contributed by atoms with E-state index >= 15 is 0 Å². The van der Waals surface area contributed by atoms with E-state index in [2.05, 4.69) is 6.07 Å². The van der Waals surface area contributed by atoms with Crippen molar-refractivity contribution in [3.05, 3.63) is 53.6 Å². The number of ether oxygens (including phenoxy) is 2. The molecule has 4 heteroatoms. The Morgan fingerprint density at radius 3 is 2.52 bits per heavy atom. The molecule has 1 atom stereocenters. The second-order valence-electron chi connectivity index (χ2n) is 4.60. The van der Waals surface area contributed by atoms with Gasteiger partial charge in [0, 0.05) is 5.56 Å². The maximum atomic E-state index is 9.82. The summed E-state index contributed by atoms with van der Waals surface area (Å²) >= 11 is 0. The number of aromatic hydroxyl groups is 1. The first-order valence-electron chi connectivity index (χ1n) is 6.58. The molecule has 0 amide bonds. The third-order valence-electron chi connectivity index (χ3n) is 3.37. The van der Waals surface area contributed by atoms with E-state index in [1.807, 2.05) is 30.3 Å². The summed E-state index contributed by atoms with van der Waals surface area (Å²) < 4.78 is 10.5. The summed E-state index contributed by atoms with van der Waals surface area (Å²) in [6.07, 6.45) is 0.439. The van der Waals surface area contributed by atoms with Crippen molar-refractivity contribution in [2.75, 3.05) is 14.2 Å². The van der Waals surface area contributed by atoms with Gasteiger partial charge in [-0.05, 0) is 24.1 Å². The molecular formula is C17H17NO3. The summed E-state index contributed by atoms with van der Waals surface area (Å²) in [6.45, 7) is 0. The molecule has 0 spiro atoms. The van der Waals surface area contributed by atoms with Crippen molar-refractivity contribution in [1.82, 2.24) is 0 Å². The predicted molar refractivity (Wildman–Crippen MR) is 79.7 cm³/mol. The van der Waals surface area contributed by atoms with Gasteiger partial charge in [0.05, 0.1) is 26.2 Å². The number of hydrogen-bond donors (Lipinski definition) is 1. The Labute approximate surface area is 124 Å². The number of phenolic OH excluding ortho intramolecular Hbond substituents is 1. The minimum Gasteiger partial charge on any atom is -0.504 e. The molecule has 0 aliphatic carbocycles. The molecule has 2 rings (SSSR count). The Balaban J connectivity index is 2.37. The number of para-hydroxylation sites is 2. The van der Waals surface area contributed by atoms with Gasteiger partial charge in [0.15, 0.2) is 11.5 Å². The minimum atomic E-state index is -0.378. The van der Waals surface area contributed by atoms with Crippen LogP contribution >= 0.6 is 0 Å². The highest BCUT2D eigenvalue weighted by Gasteiger charge is 2.19. The Kier molecular flexibility index (Phi) is 4.68. The maximum absolute atomic E-state index is 9.82. The van der Waals surface area contributed by atoms with E-state index in [1.54, 1.807) is 19.2 Å². The SMILES string of the molecule is COc1ccccc1C(C#N)Cc1cccc(O)c1OC. The van der Waals surface area contributed by atoms with Gasteiger partial charge in [-0.3, -0.25) is 0 Å². The number of benzene rings is 2. The van der Waals surface area contributed by atoms with Crippen molar-refractivity contribution in [2.45, 2.75) is 12.3 Å². The molecule has 0 aliphatic rings. The summed E-state index contributed by atoms with van der Waals surface area (Å²) in [6, 6.07) is 14.9. The maximum Gasteiger partial charge on any atom is 0.163 e. The van der Waals surface area contributed by atoms with Gasteiger partial charge in [-0.15, -0.1) is 0 Å². The van der Waals surface area contributed by atoms with Crippen molar-refractivity contribution in [3.63, 3.8) is 0 Å². The third-order valence-corrected chi connectivity index (χ3v) is 3.37. The Morgan fingerprint density at radius 1 is 1.10 bits per heavy atom. The van der Waals surface area contributed by atoms with Crippen LogP contribution in [0.5, 0.6) is 17.2 Å². The van der Waals surface area contributed by atoms with E-state index in [-0.39, 0.29) is 11.7 Å². The van der Waals surface area contributed by atoms with Crippen LogP contribution in [0.4, 0.5) is 0 Å². The zero-order chi connectivity index (χ0) is 15.2. The highest BCUT2D eigenvalue weighted by atomic mass is 16.5. The van der Waals surface area contributed by atoms with E-state index in [1.165, 1.54) is 7.11 Å². The molecule has 1 N–H and O–H groups in total. The lowest BCUT2D eigenvalue weighted by Crippen LogP contribution is -2.04.